The summed E-state index contributed by atoms with van der Waals surface area (Å²) in [5.74, 6) is 0.331. The van der Waals surface area contributed by atoms with Gasteiger partial charge in [-0.25, -0.2) is 0 Å². The Bertz CT molecular complexity index is 324. The molecule has 0 saturated heterocycles. The second-order valence-electron chi connectivity index (χ2n) is 3.69. The van der Waals surface area contributed by atoms with Crippen molar-refractivity contribution in [2.45, 2.75) is 32.2 Å². The summed E-state index contributed by atoms with van der Waals surface area (Å²) in [6.07, 6.45) is 1.92. The highest BCUT2D eigenvalue weighted by molar-refractivity contribution is 5.85. The molecule has 1 aromatic carbocycles. The number of carbonyl (C=O) groups is 1. The highest BCUT2D eigenvalue weighted by Crippen LogP contribution is 2.11. The summed E-state index contributed by atoms with van der Waals surface area (Å²) in [7, 11) is 0. The van der Waals surface area contributed by atoms with Crippen LogP contribution in [-0.2, 0) is 11.2 Å². The van der Waals surface area contributed by atoms with Gasteiger partial charge in [0.15, 0.2) is 0 Å². The number of Topliss-reactive ketones (excluding diaryl/α,β-unsaturated/α-hetero) is 1. The first kappa shape index (κ1) is 14.9. The number of phenols is 1. The Hall–Kier alpha value is -1.06. The fourth-order valence-corrected chi connectivity index (χ4v) is 1.43. The van der Waals surface area contributed by atoms with Gasteiger partial charge in [0, 0.05) is 6.42 Å². The van der Waals surface area contributed by atoms with Crippen LogP contribution in [0, 0.1) is 0 Å². The molecule has 0 saturated carbocycles. The van der Waals surface area contributed by atoms with E-state index in [0.29, 0.717) is 12.8 Å². The van der Waals surface area contributed by atoms with E-state index in [2.05, 4.69) is 0 Å². The molecule has 1 atom stereocenters. The summed E-state index contributed by atoms with van der Waals surface area (Å²) < 4.78 is 0. The molecule has 16 heavy (non-hydrogen) atoms. The molecule has 0 fully saturated rings. The van der Waals surface area contributed by atoms with Crippen molar-refractivity contribution in [1.82, 2.24) is 0 Å². The quantitative estimate of drug-likeness (QED) is 0.832. The van der Waals surface area contributed by atoms with E-state index >= 15 is 0 Å². The highest BCUT2D eigenvalue weighted by atomic mass is 35.5. The third kappa shape index (κ3) is 4.64. The smallest absolute Gasteiger partial charge is 0.149 e. The van der Waals surface area contributed by atoms with E-state index in [-0.39, 0.29) is 23.9 Å². The zero-order valence-electron chi connectivity index (χ0n) is 9.35. The lowest BCUT2D eigenvalue weighted by Gasteiger charge is -2.09. The second kappa shape index (κ2) is 7.25. The molecule has 0 radical (unpaired) electrons. The van der Waals surface area contributed by atoms with Crippen LogP contribution in [0.15, 0.2) is 24.3 Å². The van der Waals surface area contributed by atoms with E-state index in [1.54, 1.807) is 24.3 Å². The molecule has 1 unspecified atom stereocenters. The first-order valence-electron chi connectivity index (χ1n) is 5.19. The zero-order chi connectivity index (χ0) is 11.3. The molecule has 1 aromatic rings. The standard InChI is InChI=1S/C12H17NO2.ClH/c1-2-3-12(15)11(13)8-9-4-6-10(14)7-5-9;/h4-7,11,14H,2-3,8,13H2,1H3;1H. The van der Waals surface area contributed by atoms with Crippen molar-refractivity contribution in [3.05, 3.63) is 29.8 Å². The van der Waals surface area contributed by atoms with E-state index in [1.165, 1.54) is 0 Å². The van der Waals surface area contributed by atoms with E-state index in [1.807, 2.05) is 6.92 Å². The molecule has 0 heterocycles. The number of halogens is 1. The Balaban J connectivity index is 0.00000225. The summed E-state index contributed by atoms with van der Waals surface area (Å²) in [6.45, 7) is 1.96. The van der Waals surface area contributed by atoms with Crippen molar-refractivity contribution in [2.24, 2.45) is 5.73 Å². The number of benzene rings is 1. The minimum atomic E-state index is -0.422. The largest absolute Gasteiger partial charge is 0.508 e. The van der Waals surface area contributed by atoms with Crippen molar-refractivity contribution >= 4 is 18.2 Å². The van der Waals surface area contributed by atoms with Crippen LogP contribution < -0.4 is 5.73 Å². The lowest BCUT2D eigenvalue weighted by atomic mass is 10.0. The van der Waals surface area contributed by atoms with Gasteiger partial charge in [0.2, 0.25) is 0 Å². The van der Waals surface area contributed by atoms with Gasteiger partial charge in [-0.2, -0.15) is 0 Å². The maximum atomic E-state index is 11.4. The van der Waals surface area contributed by atoms with Crippen molar-refractivity contribution in [3.63, 3.8) is 0 Å². The number of aromatic hydroxyl groups is 1. The van der Waals surface area contributed by atoms with Gasteiger partial charge in [0.25, 0.3) is 0 Å². The van der Waals surface area contributed by atoms with Crippen LogP contribution in [0.3, 0.4) is 0 Å². The van der Waals surface area contributed by atoms with Gasteiger partial charge in [-0.15, -0.1) is 12.4 Å². The van der Waals surface area contributed by atoms with E-state index < -0.39 is 6.04 Å². The number of nitrogens with two attached hydrogens (primary N) is 1. The van der Waals surface area contributed by atoms with Gasteiger partial charge >= 0.3 is 0 Å². The summed E-state index contributed by atoms with van der Waals surface area (Å²) >= 11 is 0. The summed E-state index contributed by atoms with van der Waals surface area (Å²) in [4.78, 5) is 11.4. The van der Waals surface area contributed by atoms with Gasteiger partial charge < -0.3 is 10.8 Å². The van der Waals surface area contributed by atoms with Crippen LogP contribution in [0.1, 0.15) is 25.3 Å². The molecule has 0 spiro atoms. The molecule has 0 aliphatic carbocycles. The van der Waals surface area contributed by atoms with Crippen LogP contribution in [0.25, 0.3) is 0 Å². The molecule has 0 amide bonds. The van der Waals surface area contributed by atoms with Crippen LogP contribution in [-0.4, -0.2) is 16.9 Å². The fraction of sp³-hybridized carbons (Fsp3) is 0.417. The van der Waals surface area contributed by atoms with Gasteiger partial charge in [-0.1, -0.05) is 19.1 Å². The number of rotatable bonds is 5. The molecule has 0 aromatic heterocycles. The zero-order valence-corrected chi connectivity index (χ0v) is 10.2. The van der Waals surface area contributed by atoms with Crippen LogP contribution in [0.5, 0.6) is 5.75 Å². The van der Waals surface area contributed by atoms with E-state index in [0.717, 1.165) is 12.0 Å². The average molecular weight is 244 g/mol. The Labute approximate surface area is 102 Å². The predicted molar refractivity (Wildman–Crippen MR) is 66.9 cm³/mol. The minimum Gasteiger partial charge on any atom is -0.508 e. The fourth-order valence-electron chi connectivity index (χ4n) is 1.43. The van der Waals surface area contributed by atoms with Gasteiger partial charge in [-0.3, -0.25) is 4.79 Å². The van der Waals surface area contributed by atoms with Gasteiger partial charge in [0.1, 0.15) is 11.5 Å². The van der Waals surface area contributed by atoms with Gasteiger partial charge in [0.05, 0.1) is 6.04 Å². The Morgan fingerprint density at radius 1 is 1.38 bits per heavy atom. The van der Waals surface area contributed by atoms with Crippen LogP contribution >= 0.6 is 12.4 Å². The molecule has 3 N–H and O–H groups in total. The van der Waals surface area contributed by atoms with Gasteiger partial charge in [-0.05, 0) is 30.5 Å². The molecule has 1 rings (SSSR count). The molecule has 90 valence electrons. The lowest BCUT2D eigenvalue weighted by molar-refractivity contribution is -0.120. The van der Waals surface area contributed by atoms with Crippen molar-refractivity contribution in [1.29, 1.82) is 0 Å². The highest BCUT2D eigenvalue weighted by Gasteiger charge is 2.12. The Morgan fingerprint density at radius 2 is 1.94 bits per heavy atom. The first-order valence-corrected chi connectivity index (χ1v) is 5.19. The maximum absolute atomic E-state index is 11.4. The van der Waals surface area contributed by atoms with Crippen LogP contribution in [0.4, 0.5) is 0 Å². The predicted octanol–water partition coefficient (Wildman–Crippen LogP) is 2.05. The molecule has 3 nitrogen and oxygen atoms in total. The molecular formula is C12H18ClNO2. The monoisotopic (exact) mass is 243 g/mol. The lowest BCUT2D eigenvalue weighted by Crippen LogP contribution is -2.32. The number of hydrogen-bond acceptors (Lipinski definition) is 3. The first-order chi connectivity index (χ1) is 7.13. The van der Waals surface area contributed by atoms with E-state index in [9.17, 15) is 4.79 Å². The topological polar surface area (TPSA) is 63.3 Å². The molecule has 0 aliphatic rings. The molecular weight excluding hydrogens is 226 g/mol. The number of hydrogen-bond donors (Lipinski definition) is 2. The number of phenolic OH excluding ortho intramolecular Hbond substituents is 1. The van der Waals surface area contributed by atoms with Crippen molar-refractivity contribution < 1.29 is 9.90 Å². The third-order valence-corrected chi connectivity index (χ3v) is 2.30. The van der Waals surface area contributed by atoms with E-state index in [4.69, 9.17) is 10.8 Å². The van der Waals surface area contributed by atoms with Crippen molar-refractivity contribution in [2.75, 3.05) is 0 Å². The minimum absolute atomic E-state index is 0. The second-order valence-corrected chi connectivity index (χ2v) is 3.69. The third-order valence-electron chi connectivity index (χ3n) is 2.30. The Kier molecular flexibility index (Phi) is 6.77. The summed E-state index contributed by atoms with van der Waals surface area (Å²) in [5, 5.41) is 9.09. The SMILES string of the molecule is CCCC(=O)C(N)Cc1ccc(O)cc1.Cl. The molecule has 0 aliphatic heterocycles. The molecule has 0 bridgehead atoms. The van der Waals surface area contributed by atoms with Crippen molar-refractivity contribution in [3.8, 4) is 5.75 Å². The summed E-state index contributed by atoms with van der Waals surface area (Å²) in [6, 6.07) is 6.36. The average Bonchev–Trinajstić information content (AvgIpc) is 2.22. The number of ketones is 1. The summed E-state index contributed by atoms with van der Waals surface area (Å²) in [5.41, 5.74) is 6.74. The number of carbonyl (C=O) groups excluding carboxylic acids is 1. The Morgan fingerprint density at radius 3 is 2.44 bits per heavy atom. The maximum Gasteiger partial charge on any atom is 0.149 e. The molecule has 4 heteroatoms. The normalized spacial score (nSPS) is 11.6. The van der Waals surface area contributed by atoms with Crippen LogP contribution in [0.2, 0.25) is 0 Å².